The first-order valence-corrected chi connectivity index (χ1v) is 4.69. The highest BCUT2D eigenvalue weighted by atomic mass is 19.4. The maximum atomic E-state index is 12.4. The Balaban J connectivity index is 4.82. The molecule has 0 fully saturated rings. The van der Waals surface area contributed by atoms with E-state index in [9.17, 15) is 22.8 Å². The third kappa shape index (κ3) is 4.22. The number of nitrogens with two attached hydrogens (primary N) is 1. The van der Waals surface area contributed by atoms with Crippen LogP contribution >= 0.6 is 0 Å². The number of hydrogen-bond acceptors (Lipinski definition) is 3. The lowest BCUT2D eigenvalue weighted by molar-refractivity contribution is -0.188. The van der Waals surface area contributed by atoms with Gasteiger partial charge in [0.2, 0.25) is 5.91 Å². The highest BCUT2D eigenvalue weighted by Crippen LogP contribution is 2.28. The number of hydrogen-bond donors (Lipinski definition) is 3. The molecular weight excluding hydrogens is 241 g/mol. The number of carbonyl (C=O) groups is 2. The molecule has 1 atom stereocenters. The number of carboxylic acids is 1. The van der Waals surface area contributed by atoms with Gasteiger partial charge in [-0.2, -0.15) is 13.2 Å². The van der Waals surface area contributed by atoms with Crippen molar-refractivity contribution in [3.63, 3.8) is 0 Å². The quantitative estimate of drug-likeness (QED) is 0.688. The van der Waals surface area contributed by atoms with Gasteiger partial charge in [-0.05, 0) is 20.8 Å². The summed E-state index contributed by atoms with van der Waals surface area (Å²) < 4.78 is 37.3. The van der Waals surface area contributed by atoms with Gasteiger partial charge in [-0.15, -0.1) is 0 Å². The molecule has 1 unspecified atom stereocenters. The van der Waals surface area contributed by atoms with E-state index in [1.54, 1.807) is 0 Å². The van der Waals surface area contributed by atoms with E-state index in [2.05, 4.69) is 0 Å². The number of rotatable bonds is 4. The van der Waals surface area contributed by atoms with Gasteiger partial charge >= 0.3 is 12.1 Å². The molecule has 0 aliphatic carbocycles. The second-order valence-electron chi connectivity index (χ2n) is 4.61. The van der Waals surface area contributed by atoms with Crippen LogP contribution in [0.2, 0.25) is 0 Å². The number of nitrogens with one attached hydrogen (secondary N) is 1. The molecule has 5 nitrogen and oxygen atoms in total. The van der Waals surface area contributed by atoms with E-state index < -0.39 is 35.6 Å². The predicted octanol–water partition coefficient (Wildman–Crippen LogP) is 0.636. The summed E-state index contributed by atoms with van der Waals surface area (Å²) in [5.74, 6) is -2.70. The third-order valence-corrected chi connectivity index (χ3v) is 2.11. The van der Waals surface area contributed by atoms with Crippen LogP contribution in [0.3, 0.4) is 0 Å². The molecule has 0 aromatic rings. The molecular formula is C9H15F3N2O3. The molecule has 0 aromatic carbocycles. The summed E-state index contributed by atoms with van der Waals surface area (Å²) in [6, 6.07) is 0. The van der Waals surface area contributed by atoms with Crippen molar-refractivity contribution >= 4 is 11.9 Å². The zero-order valence-electron chi connectivity index (χ0n) is 9.68. The molecule has 0 spiro atoms. The molecule has 0 saturated carbocycles. The predicted molar refractivity (Wildman–Crippen MR) is 53.1 cm³/mol. The fourth-order valence-corrected chi connectivity index (χ4v) is 0.988. The maximum Gasteiger partial charge on any atom is 0.415 e. The van der Waals surface area contributed by atoms with E-state index in [4.69, 9.17) is 10.8 Å². The highest BCUT2D eigenvalue weighted by molar-refractivity contribution is 5.87. The van der Waals surface area contributed by atoms with Crippen LogP contribution < -0.4 is 11.1 Å². The first kappa shape index (κ1) is 15.7. The Morgan fingerprint density at radius 2 is 1.65 bits per heavy atom. The van der Waals surface area contributed by atoms with E-state index in [0.717, 1.165) is 0 Å². The van der Waals surface area contributed by atoms with Gasteiger partial charge in [0.1, 0.15) is 0 Å². The van der Waals surface area contributed by atoms with Crippen molar-refractivity contribution in [2.75, 3.05) is 0 Å². The number of carbonyl (C=O) groups excluding carboxylic acids is 1. The van der Waals surface area contributed by atoms with Crippen LogP contribution in [0.5, 0.6) is 0 Å². The Labute approximate surface area is 96.2 Å². The second-order valence-corrected chi connectivity index (χ2v) is 4.61. The molecule has 8 heteroatoms. The Bertz CT molecular complexity index is 324. The van der Waals surface area contributed by atoms with Gasteiger partial charge in [0, 0.05) is 5.54 Å². The fraction of sp³-hybridized carbons (Fsp3) is 0.778. The molecule has 0 saturated heterocycles. The smallest absolute Gasteiger partial charge is 0.415 e. The Kier molecular flexibility index (Phi) is 4.17. The molecule has 0 bridgehead atoms. The number of halogens is 3. The molecule has 100 valence electrons. The van der Waals surface area contributed by atoms with E-state index in [1.807, 2.05) is 5.32 Å². The number of amides is 1. The van der Waals surface area contributed by atoms with Gasteiger partial charge in [0.15, 0.2) is 5.54 Å². The van der Waals surface area contributed by atoms with Gasteiger partial charge < -0.3 is 16.2 Å². The van der Waals surface area contributed by atoms with Crippen molar-refractivity contribution in [2.24, 2.45) is 5.73 Å². The molecule has 17 heavy (non-hydrogen) atoms. The topological polar surface area (TPSA) is 92.4 Å². The monoisotopic (exact) mass is 256 g/mol. The summed E-state index contributed by atoms with van der Waals surface area (Å²) in [4.78, 5) is 21.8. The molecule has 0 aromatic heterocycles. The average molecular weight is 256 g/mol. The van der Waals surface area contributed by atoms with Crippen LogP contribution in [0.25, 0.3) is 0 Å². The molecule has 0 radical (unpaired) electrons. The lowest BCUT2D eigenvalue weighted by atomic mass is 9.96. The zero-order chi connectivity index (χ0) is 14.1. The van der Waals surface area contributed by atoms with E-state index >= 15 is 0 Å². The van der Waals surface area contributed by atoms with Crippen molar-refractivity contribution in [1.82, 2.24) is 5.32 Å². The normalized spacial score (nSPS) is 16.2. The van der Waals surface area contributed by atoms with Crippen LogP contribution in [-0.2, 0) is 9.59 Å². The molecule has 0 aliphatic rings. The van der Waals surface area contributed by atoms with Gasteiger partial charge in [0.05, 0.1) is 6.42 Å². The third-order valence-electron chi connectivity index (χ3n) is 2.11. The number of alkyl halides is 3. The van der Waals surface area contributed by atoms with Crippen molar-refractivity contribution in [1.29, 1.82) is 0 Å². The Hall–Kier alpha value is -1.31. The van der Waals surface area contributed by atoms with Gasteiger partial charge in [-0.25, -0.2) is 0 Å². The van der Waals surface area contributed by atoms with Crippen molar-refractivity contribution < 1.29 is 27.9 Å². The van der Waals surface area contributed by atoms with Gasteiger partial charge in [0.25, 0.3) is 0 Å². The fourth-order valence-electron chi connectivity index (χ4n) is 0.988. The van der Waals surface area contributed by atoms with Crippen LogP contribution in [0.1, 0.15) is 27.2 Å². The SMILES string of the molecule is CC(C)(CC(=O)O)NC(=O)C(C)(N)C(F)(F)F. The van der Waals surface area contributed by atoms with E-state index in [1.165, 1.54) is 13.8 Å². The van der Waals surface area contributed by atoms with Crippen LogP contribution in [0.4, 0.5) is 13.2 Å². The second kappa shape index (κ2) is 4.52. The van der Waals surface area contributed by atoms with Crippen molar-refractivity contribution in [2.45, 2.75) is 44.4 Å². The van der Waals surface area contributed by atoms with Gasteiger partial charge in [-0.1, -0.05) is 0 Å². The van der Waals surface area contributed by atoms with E-state index in [0.29, 0.717) is 6.92 Å². The largest absolute Gasteiger partial charge is 0.481 e. The van der Waals surface area contributed by atoms with Crippen LogP contribution in [0, 0.1) is 0 Å². The maximum absolute atomic E-state index is 12.4. The summed E-state index contributed by atoms with van der Waals surface area (Å²) in [5, 5.41) is 10.5. The first-order chi connectivity index (χ1) is 7.29. The minimum absolute atomic E-state index is 0.507. The van der Waals surface area contributed by atoms with E-state index in [-0.39, 0.29) is 0 Å². The summed E-state index contributed by atoms with van der Waals surface area (Å²) in [6.45, 7) is 3.12. The average Bonchev–Trinajstić information content (AvgIpc) is 1.97. The molecule has 0 aliphatic heterocycles. The lowest BCUT2D eigenvalue weighted by Crippen LogP contribution is -2.64. The van der Waals surface area contributed by atoms with Crippen molar-refractivity contribution in [3.05, 3.63) is 0 Å². The summed E-state index contributed by atoms with van der Waals surface area (Å²) in [6.07, 6.45) is -5.41. The summed E-state index contributed by atoms with van der Waals surface area (Å²) in [5.41, 5.74) is 0.527. The standard InChI is InChI=1S/C9H15F3N2O3/c1-7(2,4-5(15)16)14-6(17)8(3,13)9(10,11)12/h4,13H2,1-3H3,(H,14,17)(H,15,16). The minimum atomic E-state index is -4.91. The van der Waals surface area contributed by atoms with Crippen molar-refractivity contribution in [3.8, 4) is 0 Å². The van der Waals surface area contributed by atoms with Crippen LogP contribution in [0.15, 0.2) is 0 Å². The minimum Gasteiger partial charge on any atom is -0.481 e. The molecule has 0 rings (SSSR count). The molecule has 0 heterocycles. The number of carboxylic acid groups (broad SMARTS) is 1. The summed E-state index contributed by atoms with van der Waals surface area (Å²) in [7, 11) is 0. The first-order valence-electron chi connectivity index (χ1n) is 4.69. The summed E-state index contributed by atoms with van der Waals surface area (Å²) >= 11 is 0. The Morgan fingerprint density at radius 3 is 1.94 bits per heavy atom. The Morgan fingerprint density at radius 1 is 1.24 bits per heavy atom. The number of aliphatic carboxylic acids is 1. The van der Waals surface area contributed by atoms with Gasteiger partial charge in [-0.3, -0.25) is 9.59 Å². The lowest BCUT2D eigenvalue weighted by Gasteiger charge is -2.32. The highest BCUT2D eigenvalue weighted by Gasteiger charge is 2.54. The van der Waals surface area contributed by atoms with Crippen LogP contribution in [-0.4, -0.2) is 34.2 Å². The molecule has 1 amide bonds. The molecule has 4 N–H and O–H groups in total. The zero-order valence-corrected chi connectivity index (χ0v) is 9.68.